The van der Waals surface area contributed by atoms with Gasteiger partial charge >= 0.3 is 0 Å². The number of hydrogen-bond donors (Lipinski definition) is 0. The third-order valence-corrected chi connectivity index (χ3v) is 4.33. The van der Waals surface area contributed by atoms with Gasteiger partial charge in [0, 0.05) is 12.6 Å². The Kier molecular flexibility index (Phi) is 6.40. The van der Waals surface area contributed by atoms with E-state index in [0.717, 1.165) is 22.5 Å². The van der Waals surface area contributed by atoms with Crippen molar-refractivity contribution in [2.24, 2.45) is 15.1 Å². The van der Waals surface area contributed by atoms with Crippen LogP contribution in [0, 0.1) is 17.1 Å². The number of hydrogen-bond acceptors (Lipinski definition) is 5. The van der Waals surface area contributed by atoms with Gasteiger partial charge < -0.3 is 0 Å². The highest BCUT2D eigenvalue weighted by Crippen LogP contribution is 2.24. The van der Waals surface area contributed by atoms with Crippen molar-refractivity contribution < 1.29 is 4.39 Å². The first-order chi connectivity index (χ1) is 14.6. The minimum absolute atomic E-state index is 0.0159. The topological polar surface area (TPSA) is 78.7 Å². The molecule has 1 heterocycles. The number of halogens is 1. The number of nitriles is 1. The highest BCUT2D eigenvalue weighted by atomic mass is 19.1. The van der Waals surface area contributed by atoms with E-state index in [9.17, 15) is 4.39 Å². The summed E-state index contributed by atoms with van der Waals surface area (Å²) in [6, 6.07) is 12.0. The molecule has 0 spiro atoms. The molecular formula is C23H19FN6. The SMILES string of the molecule is C=Cc1cc(Cc2cnc(N=C)n2/N=C/c2ccc(C#N)c(F)c2)ccc1/N=C\C. The quantitative estimate of drug-likeness (QED) is 0.521. The molecule has 0 fully saturated rings. The van der Waals surface area contributed by atoms with Crippen molar-refractivity contribution in [3.63, 3.8) is 0 Å². The van der Waals surface area contributed by atoms with Gasteiger partial charge in [0.05, 0.1) is 29.4 Å². The smallest absolute Gasteiger partial charge is 0.250 e. The van der Waals surface area contributed by atoms with E-state index in [4.69, 9.17) is 5.26 Å². The molecule has 0 bridgehead atoms. The summed E-state index contributed by atoms with van der Waals surface area (Å²) >= 11 is 0. The van der Waals surface area contributed by atoms with Gasteiger partial charge in [0.1, 0.15) is 11.9 Å². The van der Waals surface area contributed by atoms with Gasteiger partial charge in [-0.1, -0.05) is 24.8 Å². The number of benzene rings is 2. The summed E-state index contributed by atoms with van der Waals surface area (Å²) in [4.78, 5) is 12.5. The van der Waals surface area contributed by atoms with Gasteiger partial charge in [0.2, 0.25) is 5.95 Å². The fourth-order valence-electron chi connectivity index (χ4n) is 2.89. The van der Waals surface area contributed by atoms with E-state index in [1.807, 2.05) is 25.1 Å². The maximum atomic E-state index is 13.8. The van der Waals surface area contributed by atoms with Crippen LogP contribution in [0.5, 0.6) is 0 Å². The van der Waals surface area contributed by atoms with Crippen LogP contribution in [-0.4, -0.2) is 28.8 Å². The Morgan fingerprint density at radius 2 is 2.10 bits per heavy atom. The van der Waals surface area contributed by atoms with Crippen molar-refractivity contribution in [1.29, 1.82) is 5.26 Å². The first kappa shape index (κ1) is 20.6. The Balaban J connectivity index is 1.92. The summed E-state index contributed by atoms with van der Waals surface area (Å²) in [5.74, 6) is -0.271. The second kappa shape index (κ2) is 9.34. The first-order valence-corrected chi connectivity index (χ1v) is 9.11. The molecule has 3 rings (SSSR count). The molecule has 0 N–H and O–H groups in total. The van der Waals surface area contributed by atoms with Crippen molar-refractivity contribution in [2.45, 2.75) is 13.3 Å². The van der Waals surface area contributed by atoms with E-state index in [0.29, 0.717) is 17.9 Å². The molecular weight excluding hydrogens is 379 g/mol. The van der Waals surface area contributed by atoms with Crippen molar-refractivity contribution in [3.8, 4) is 6.07 Å². The van der Waals surface area contributed by atoms with Gasteiger partial charge in [-0.05, 0) is 54.6 Å². The predicted molar refractivity (Wildman–Crippen MR) is 119 cm³/mol. The zero-order valence-electron chi connectivity index (χ0n) is 16.5. The Bertz CT molecular complexity index is 1200. The second-order valence-electron chi connectivity index (χ2n) is 6.28. The van der Waals surface area contributed by atoms with Crippen molar-refractivity contribution in [3.05, 3.63) is 82.9 Å². The maximum Gasteiger partial charge on any atom is 0.250 e. The highest BCUT2D eigenvalue weighted by Gasteiger charge is 2.10. The molecule has 148 valence electrons. The van der Waals surface area contributed by atoms with Crippen LogP contribution < -0.4 is 0 Å². The zero-order chi connectivity index (χ0) is 21.5. The lowest BCUT2D eigenvalue weighted by Gasteiger charge is -2.07. The number of nitrogens with zero attached hydrogens (tertiary/aromatic N) is 6. The minimum Gasteiger partial charge on any atom is -0.261 e. The molecule has 0 unspecified atom stereocenters. The lowest BCUT2D eigenvalue weighted by molar-refractivity contribution is 0.623. The molecule has 6 nitrogen and oxygen atoms in total. The molecule has 3 aromatic rings. The lowest BCUT2D eigenvalue weighted by atomic mass is 10.0. The van der Waals surface area contributed by atoms with Crippen LogP contribution in [0.3, 0.4) is 0 Å². The first-order valence-electron chi connectivity index (χ1n) is 9.11. The van der Waals surface area contributed by atoms with Crippen LogP contribution in [0.1, 0.15) is 34.9 Å². The van der Waals surface area contributed by atoms with Crippen LogP contribution in [0.4, 0.5) is 16.0 Å². The van der Waals surface area contributed by atoms with Crippen molar-refractivity contribution >= 4 is 36.9 Å². The average Bonchev–Trinajstić information content (AvgIpc) is 3.14. The molecule has 0 aliphatic carbocycles. The fraction of sp³-hybridized carbons (Fsp3) is 0.0870. The molecule has 0 aliphatic heterocycles. The van der Waals surface area contributed by atoms with E-state index in [1.54, 1.807) is 35.3 Å². The number of aliphatic imine (C=N–C) groups is 2. The van der Waals surface area contributed by atoms with Gasteiger partial charge in [0.15, 0.2) is 0 Å². The summed E-state index contributed by atoms with van der Waals surface area (Å²) in [6.07, 6.45) is 7.19. The fourth-order valence-corrected chi connectivity index (χ4v) is 2.89. The monoisotopic (exact) mass is 398 g/mol. The van der Waals surface area contributed by atoms with E-state index in [-0.39, 0.29) is 5.56 Å². The Morgan fingerprint density at radius 3 is 2.77 bits per heavy atom. The molecule has 0 aliphatic rings. The van der Waals surface area contributed by atoms with Gasteiger partial charge in [-0.15, -0.1) is 0 Å². The Labute approximate surface area is 174 Å². The summed E-state index contributed by atoms with van der Waals surface area (Å²) in [5.41, 5.74) is 4.07. The van der Waals surface area contributed by atoms with Crippen LogP contribution >= 0.6 is 0 Å². The van der Waals surface area contributed by atoms with Gasteiger partial charge in [-0.3, -0.25) is 4.99 Å². The zero-order valence-corrected chi connectivity index (χ0v) is 16.5. The van der Waals surface area contributed by atoms with Crippen LogP contribution in [0.25, 0.3) is 6.08 Å². The summed E-state index contributed by atoms with van der Waals surface area (Å²) < 4.78 is 15.4. The minimum atomic E-state index is -0.596. The summed E-state index contributed by atoms with van der Waals surface area (Å²) in [6.45, 7) is 9.24. The van der Waals surface area contributed by atoms with E-state index < -0.39 is 5.82 Å². The van der Waals surface area contributed by atoms with Gasteiger partial charge in [0.25, 0.3) is 0 Å². The average molecular weight is 398 g/mol. The number of aromatic nitrogens is 2. The Hall–Kier alpha value is -4.18. The predicted octanol–water partition coefficient (Wildman–Crippen LogP) is 5.06. The van der Waals surface area contributed by atoms with Crippen molar-refractivity contribution in [2.75, 3.05) is 0 Å². The van der Waals surface area contributed by atoms with Gasteiger partial charge in [-0.25, -0.2) is 19.0 Å². The molecule has 1 aromatic heterocycles. The molecule has 0 radical (unpaired) electrons. The normalized spacial score (nSPS) is 11.1. The molecule has 0 amide bonds. The molecule has 0 saturated carbocycles. The lowest BCUT2D eigenvalue weighted by Crippen LogP contribution is -1.99. The highest BCUT2D eigenvalue weighted by molar-refractivity contribution is 5.80. The van der Waals surface area contributed by atoms with E-state index >= 15 is 0 Å². The molecule has 30 heavy (non-hydrogen) atoms. The third kappa shape index (κ3) is 4.45. The number of rotatable bonds is 7. The molecule has 2 aromatic carbocycles. The summed E-state index contributed by atoms with van der Waals surface area (Å²) in [7, 11) is 0. The Morgan fingerprint density at radius 1 is 1.27 bits per heavy atom. The van der Waals surface area contributed by atoms with Gasteiger partial charge in [-0.2, -0.15) is 10.4 Å². The molecule has 7 heteroatoms. The number of imidazole rings is 1. The molecule has 0 atom stereocenters. The summed E-state index contributed by atoms with van der Waals surface area (Å²) in [5, 5.41) is 13.2. The van der Waals surface area contributed by atoms with Crippen LogP contribution in [0.15, 0.2) is 64.3 Å². The van der Waals surface area contributed by atoms with Crippen LogP contribution in [-0.2, 0) is 6.42 Å². The van der Waals surface area contributed by atoms with Crippen molar-refractivity contribution in [1.82, 2.24) is 9.66 Å². The van der Waals surface area contributed by atoms with E-state index in [2.05, 4.69) is 33.4 Å². The third-order valence-electron chi connectivity index (χ3n) is 4.33. The second-order valence-corrected chi connectivity index (χ2v) is 6.28. The largest absolute Gasteiger partial charge is 0.261 e. The maximum absolute atomic E-state index is 13.8. The van der Waals surface area contributed by atoms with Crippen LogP contribution in [0.2, 0.25) is 0 Å². The standard InChI is InChI=1S/C23H19FN6/c1-4-18-10-16(7-9-22(18)27-5-2)11-20-15-28-23(26-3)30(20)29-14-17-6-8-19(13-25)21(24)12-17/h4-10,12,14-15H,1,3,11H2,2H3/b27-5-,29-14+. The van der Waals surface area contributed by atoms with E-state index in [1.165, 1.54) is 18.3 Å². The molecule has 0 saturated heterocycles.